The summed E-state index contributed by atoms with van der Waals surface area (Å²) in [5.74, 6) is 0. The molecule has 0 aliphatic carbocycles. The minimum atomic E-state index is 0.819. The van der Waals surface area contributed by atoms with Crippen LogP contribution in [0.5, 0.6) is 0 Å². The lowest BCUT2D eigenvalue weighted by molar-refractivity contribution is -0.0987. The molecule has 0 aliphatic rings. The van der Waals surface area contributed by atoms with Gasteiger partial charge in [0.1, 0.15) is 13.6 Å². The highest BCUT2D eigenvalue weighted by Crippen LogP contribution is 1.57. The molecule has 4 heteroatoms. The van der Waals surface area contributed by atoms with E-state index in [1.165, 1.54) is 0 Å². The van der Waals surface area contributed by atoms with Crippen LogP contribution in [0.2, 0.25) is 0 Å². The highest BCUT2D eigenvalue weighted by Gasteiger charge is 1.55. The van der Waals surface area contributed by atoms with Crippen molar-refractivity contribution in [3.05, 3.63) is 0 Å². The molecular weight excluding hydrogens is 134 g/mol. The molecule has 0 saturated carbocycles. The van der Waals surface area contributed by atoms with Crippen LogP contribution in [0.3, 0.4) is 0 Å². The van der Waals surface area contributed by atoms with E-state index in [1.807, 2.05) is 13.6 Å². The second kappa shape index (κ2) is 274. The van der Waals surface area contributed by atoms with E-state index in [9.17, 15) is 0 Å². The van der Waals surface area contributed by atoms with E-state index in [0.29, 0.717) is 0 Å². The Hall–Kier alpha value is -0.740. The van der Waals surface area contributed by atoms with Crippen LogP contribution >= 0.6 is 0 Å². The zero-order valence-corrected chi connectivity index (χ0v) is 6.67. The van der Waals surface area contributed by atoms with Crippen LogP contribution in [0.25, 0.3) is 0 Å². The van der Waals surface area contributed by atoms with Crippen molar-refractivity contribution in [3.8, 4) is 0 Å². The quantitative estimate of drug-likeness (QED) is 0.534. The van der Waals surface area contributed by atoms with Gasteiger partial charge in [-0.2, -0.15) is 0 Å². The summed E-state index contributed by atoms with van der Waals surface area (Å²) >= 11 is 0. The van der Waals surface area contributed by atoms with Gasteiger partial charge in [0.2, 0.25) is 0 Å². The van der Waals surface area contributed by atoms with E-state index in [4.69, 9.17) is 20.4 Å². The fourth-order valence-electron chi connectivity index (χ4n) is 0. The van der Waals surface area contributed by atoms with Gasteiger partial charge >= 0.3 is 0 Å². The molecular formula is C6H17NO3. The molecule has 0 spiro atoms. The molecule has 0 bridgehead atoms. The lowest BCUT2D eigenvalue weighted by Crippen LogP contribution is -1.93. The summed E-state index contributed by atoms with van der Waals surface area (Å²) in [6.45, 7) is 6.88. The minimum Gasteiger partial charge on any atom is -0.400 e. The summed E-state index contributed by atoms with van der Waals surface area (Å²) < 4.78 is 0. The number of nitrogens with two attached hydrogens (primary N) is 1. The van der Waals surface area contributed by atoms with Gasteiger partial charge in [-0.3, -0.25) is 0 Å². The first-order valence-corrected chi connectivity index (χ1v) is 2.64. The number of aliphatic hydroxyl groups excluding tert-OH is 1. The molecule has 0 rings (SSSR count). The first kappa shape index (κ1) is 22.8. The summed E-state index contributed by atoms with van der Waals surface area (Å²) in [6, 6.07) is 0. The summed E-state index contributed by atoms with van der Waals surface area (Å²) in [7, 11) is 1.00. The molecule has 0 atom stereocenters. The van der Waals surface area contributed by atoms with Crippen LogP contribution in [0.1, 0.15) is 13.3 Å². The fraction of sp³-hybridized carbons (Fsp3) is 0.667. The van der Waals surface area contributed by atoms with Crippen molar-refractivity contribution in [1.29, 1.82) is 0 Å². The van der Waals surface area contributed by atoms with Gasteiger partial charge < -0.3 is 20.4 Å². The second-order valence-corrected chi connectivity index (χ2v) is 0.789. The summed E-state index contributed by atoms with van der Waals surface area (Å²) in [5, 5.41) is 7.00. The predicted molar refractivity (Wildman–Crippen MR) is 41.7 cm³/mol. The topological polar surface area (TPSA) is 80.4 Å². The monoisotopic (exact) mass is 151 g/mol. The van der Waals surface area contributed by atoms with E-state index in [0.717, 1.165) is 20.1 Å². The van der Waals surface area contributed by atoms with Crippen molar-refractivity contribution in [3.63, 3.8) is 0 Å². The second-order valence-electron chi connectivity index (χ2n) is 0.789. The van der Waals surface area contributed by atoms with Crippen molar-refractivity contribution < 1.29 is 14.7 Å². The van der Waals surface area contributed by atoms with Crippen LogP contribution < -0.4 is 5.73 Å². The van der Waals surface area contributed by atoms with Crippen LogP contribution in [-0.2, 0) is 9.59 Å². The lowest BCUT2D eigenvalue weighted by Gasteiger charge is -1.70. The van der Waals surface area contributed by atoms with Crippen molar-refractivity contribution in [1.82, 2.24) is 0 Å². The van der Waals surface area contributed by atoms with Gasteiger partial charge in [0.25, 0.3) is 0 Å². The molecule has 4 nitrogen and oxygen atoms in total. The van der Waals surface area contributed by atoms with E-state index < -0.39 is 0 Å². The average Bonchev–Trinajstić information content (AvgIpc) is 2.14. The Bertz CT molecular complexity index is 25.0. The third-order valence-electron chi connectivity index (χ3n) is 0.289. The van der Waals surface area contributed by atoms with Crippen molar-refractivity contribution in [2.45, 2.75) is 13.3 Å². The molecule has 10 heavy (non-hydrogen) atoms. The zero-order valence-electron chi connectivity index (χ0n) is 6.67. The molecule has 0 radical (unpaired) electrons. The minimum absolute atomic E-state index is 0.819. The number of rotatable bonds is 1. The first-order chi connectivity index (χ1) is 4.91. The average molecular weight is 151 g/mol. The smallest absolute Gasteiger partial charge is 0.106 e. The Balaban J connectivity index is -0.0000000262. The third kappa shape index (κ3) is 4210. The first-order valence-electron chi connectivity index (χ1n) is 2.64. The number of carbonyl (C=O) groups excluding carboxylic acids is 2. The van der Waals surface area contributed by atoms with Crippen molar-refractivity contribution in [2.75, 3.05) is 13.7 Å². The van der Waals surface area contributed by atoms with Crippen LogP contribution in [0.4, 0.5) is 0 Å². The maximum Gasteiger partial charge on any atom is 0.106 e. The Kier molecular flexibility index (Phi) is 626. The van der Waals surface area contributed by atoms with Gasteiger partial charge in [0.15, 0.2) is 0 Å². The molecule has 0 fully saturated rings. The van der Waals surface area contributed by atoms with Crippen molar-refractivity contribution >= 4 is 13.6 Å². The molecule has 0 aliphatic heterocycles. The number of hydrogen-bond acceptors (Lipinski definition) is 4. The van der Waals surface area contributed by atoms with Gasteiger partial charge in [-0.05, 0) is 13.0 Å². The third-order valence-corrected chi connectivity index (χ3v) is 0.289. The largest absolute Gasteiger partial charge is 0.400 e. The van der Waals surface area contributed by atoms with Gasteiger partial charge in [-0.15, -0.1) is 0 Å². The Morgan fingerprint density at radius 2 is 1.30 bits per heavy atom. The standard InChI is InChI=1S/C3H9N.CH4O.2CH2O/c1-2-3-4;3*1-2/h2-4H2,1H3;2H,1H3;2*1H2. The van der Waals surface area contributed by atoms with Gasteiger partial charge in [0.05, 0.1) is 0 Å². The number of hydrogen-bond donors (Lipinski definition) is 2. The van der Waals surface area contributed by atoms with Crippen LogP contribution in [-0.4, -0.2) is 32.3 Å². The van der Waals surface area contributed by atoms with E-state index >= 15 is 0 Å². The van der Waals surface area contributed by atoms with Gasteiger partial charge in [0, 0.05) is 7.11 Å². The number of carbonyl (C=O) groups is 2. The SMILES string of the molecule is C=O.C=O.CCCN.CO. The molecule has 0 unspecified atom stereocenters. The molecule has 0 heterocycles. The summed E-state index contributed by atoms with van der Waals surface area (Å²) in [6.07, 6.45) is 1.10. The zero-order chi connectivity index (χ0) is 9.41. The van der Waals surface area contributed by atoms with Gasteiger partial charge in [-0.25, -0.2) is 0 Å². The molecule has 3 N–H and O–H groups in total. The Labute approximate surface area is 62.0 Å². The van der Waals surface area contributed by atoms with E-state index in [2.05, 4.69) is 6.92 Å². The molecule has 0 aromatic heterocycles. The van der Waals surface area contributed by atoms with E-state index in [-0.39, 0.29) is 0 Å². The normalized spacial score (nSPS) is 4.40. The fourth-order valence-corrected chi connectivity index (χ4v) is 0. The number of aliphatic hydroxyl groups is 1. The molecule has 0 aromatic rings. The molecule has 0 amide bonds. The molecule has 64 valence electrons. The summed E-state index contributed by atoms with van der Waals surface area (Å²) in [5.41, 5.74) is 5.03. The molecule has 0 aromatic carbocycles. The highest BCUT2D eigenvalue weighted by atomic mass is 16.2. The van der Waals surface area contributed by atoms with Crippen molar-refractivity contribution in [2.24, 2.45) is 5.73 Å². The lowest BCUT2D eigenvalue weighted by atomic mass is 10.5. The highest BCUT2D eigenvalue weighted by molar-refractivity contribution is 5.11. The maximum atomic E-state index is 8.00. The summed E-state index contributed by atoms with van der Waals surface area (Å²) in [4.78, 5) is 16.0. The predicted octanol–water partition coefficient (Wildman–Crippen LogP) is -0.406. The maximum absolute atomic E-state index is 8.00. The Morgan fingerprint density at radius 1 is 1.20 bits per heavy atom. The van der Waals surface area contributed by atoms with Gasteiger partial charge in [-0.1, -0.05) is 6.92 Å². The van der Waals surface area contributed by atoms with Crippen LogP contribution in [0, 0.1) is 0 Å². The van der Waals surface area contributed by atoms with Crippen LogP contribution in [0.15, 0.2) is 0 Å². The Morgan fingerprint density at radius 3 is 1.30 bits per heavy atom. The molecule has 0 saturated heterocycles. The van der Waals surface area contributed by atoms with E-state index in [1.54, 1.807) is 0 Å².